The van der Waals surface area contributed by atoms with E-state index in [-0.39, 0.29) is 23.0 Å². The van der Waals surface area contributed by atoms with E-state index in [2.05, 4.69) is 42.3 Å². The molecule has 0 aromatic heterocycles. The number of rotatable bonds is 3. The number of halogens is 3. The number of nitrogens with one attached hydrogen (secondary N) is 1. The minimum absolute atomic E-state index is 0.0492. The lowest BCUT2D eigenvalue weighted by Crippen LogP contribution is -2.79. The van der Waals surface area contributed by atoms with E-state index in [1.54, 1.807) is 0 Å². The Labute approximate surface area is 227 Å². The molecule has 6 rings (SSSR count). The number of phenolic OH excluding ortho intramolecular Hbond substituents is 1. The molecule has 39 heavy (non-hydrogen) atoms. The van der Waals surface area contributed by atoms with Gasteiger partial charge in [-0.05, 0) is 95.2 Å². The summed E-state index contributed by atoms with van der Waals surface area (Å²) in [6.45, 7) is 1.12. The molecule has 2 heterocycles. The molecule has 2 aromatic rings. The molecular weight excluding hydrogens is 507 g/mol. The van der Waals surface area contributed by atoms with Crippen LogP contribution in [0, 0.1) is 0 Å². The maximum absolute atomic E-state index is 12.3. The van der Waals surface area contributed by atoms with Gasteiger partial charge in [-0.2, -0.15) is 13.2 Å². The third-order valence-electron chi connectivity index (χ3n) is 9.32. The molecule has 1 spiro atoms. The molecular formula is C30H36F3N3O3. The van der Waals surface area contributed by atoms with Crippen LogP contribution < -0.4 is 10.1 Å². The van der Waals surface area contributed by atoms with Gasteiger partial charge in [-0.15, -0.1) is 0 Å². The number of alkyl halides is 3. The topological polar surface area (TPSA) is 65.0 Å². The van der Waals surface area contributed by atoms with Crippen molar-refractivity contribution in [1.82, 2.24) is 15.1 Å². The Bertz CT molecular complexity index is 1290. The summed E-state index contributed by atoms with van der Waals surface area (Å²) >= 11 is 0. The summed E-state index contributed by atoms with van der Waals surface area (Å²) in [5.41, 5.74) is 2.52. The number of carbonyl (C=O) groups is 1. The van der Waals surface area contributed by atoms with E-state index >= 15 is 0 Å². The summed E-state index contributed by atoms with van der Waals surface area (Å²) in [5.74, 6) is 0.763. The number of carbonyl (C=O) groups excluding carboxylic acids is 1. The first-order valence-corrected chi connectivity index (χ1v) is 13.4. The zero-order valence-corrected chi connectivity index (χ0v) is 22.8. The van der Waals surface area contributed by atoms with E-state index in [0.717, 1.165) is 43.7 Å². The van der Waals surface area contributed by atoms with Crippen molar-refractivity contribution < 1.29 is 27.8 Å². The van der Waals surface area contributed by atoms with Crippen molar-refractivity contribution >= 4 is 12.0 Å². The van der Waals surface area contributed by atoms with Gasteiger partial charge in [-0.1, -0.05) is 18.2 Å². The Morgan fingerprint density at radius 2 is 2.00 bits per heavy atom. The summed E-state index contributed by atoms with van der Waals surface area (Å²) in [4.78, 5) is 15.9. The SMILES string of the molecule is CN1CC[C@]23c4c5ccc(O)c4O[C@H]2CCC[C@@]3(N(C)C)[C@H]1C5.CNC(=O)/C=C/c1cccc(C(F)(F)F)c1. The molecule has 6 nitrogen and oxygen atoms in total. The average molecular weight is 544 g/mol. The van der Waals surface area contributed by atoms with Gasteiger partial charge in [-0.3, -0.25) is 4.79 Å². The molecule has 2 aromatic carbocycles. The van der Waals surface area contributed by atoms with Crippen LogP contribution in [-0.2, 0) is 22.8 Å². The van der Waals surface area contributed by atoms with Gasteiger partial charge < -0.3 is 25.0 Å². The van der Waals surface area contributed by atoms with Crippen LogP contribution in [0.1, 0.15) is 47.9 Å². The van der Waals surface area contributed by atoms with Crippen LogP contribution in [0.2, 0.25) is 0 Å². The first kappa shape index (κ1) is 27.5. The maximum atomic E-state index is 12.3. The van der Waals surface area contributed by atoms with Crippen LogP contribution in [0.4, 0.5) is 13.2 Å². The molecule has 2 aliphatic heterocycles. The number of phenols is 1. The van der Waals surface area contributed by atoms with E-state index in [1.807, 2.05) is 6.07 Å². The number of piperidine rings is 1. The zero-order chi connectivity index (χ0) is 28.2. The van der Waals surface area contributed by atoms with Gasteiger partial charge in [-0.25, -0.2) is 0 Å². The van der Waals surface area contributed by atoms with Crippen molar-refractivity contribution in [2.24, 2.45) is 0 Å². The fourth-order valence-electron chi connectivity index (χ4n) is 7.74. The molecule has 9 heteroatoms. The third kappa shape index (κ3) is 4.21. The lowest BCUT2D eigenvalue weighted by molar-refractivity contribution is -0.137. The smallest absolute Gasteiger partial charge is 0.416 e. The van der Waals surface area contributed by atoms with Gasteiger partial charge in [0.2, 0.25) is 5.91 Å². The number of aromatic hydroxyl groups is 1. The van der Waals surface area contributed by atoms with Gasteiger partial charge >= 0.3 is 6.18 Å². The molecule has 0 radical (unpaired) electrons. The Hall–Kier alpha value is -3.04. The lowest BCUT2D eigenvalue weighted by Gasteiger charge is -2.67. The monoisotopic (exact) mass is 543 g/mol. The number of likely N-dealkylation sites (tertiary alicyclic amines) is 1. The third-order valence-corrected chi connectivity index (χ3v) is 9.32. The first-order chi connectivity index (χ1) is 18.5. The summed E-state index contributed by atoms with van der Waals surface area (Å²) in [7, 11) is 8.23. The van der Waals surface area contributed by atoms with Gasteiger partial charge in [0.05, 0.1) is 11.0 Å². The van der Waals surface area contributed by atoms with Crippen LogP contribution >= 0.6 is 0 Å². The van der Waals surface area contributed by atoms with E-state index in [9.17, 15) is 23.1 Å². The second-order valence-corrected chi connectivity index (χ2v) is 11.3. The van der Waals surface area contributed by atoms with Crippen molar-refractivity contribution in [2.75, 3.05) is 34.7 Å². The molecule has 1 saturated heterocycles. The molecule has 2 bridgehead atoms. The van der Waals surface area contributed by atoms with Crippen molar-refractivity contribution in [1.29, 1.82) is 0 Å². The zero-order valence-electron chi connectivity index (χ0n) is 22.8. The summed E-state index contributed by atoms with van der Waals surface area (Å²) < 4.78 is 43.4. The second kappa shape index (κ2) is 9.86. The van der Waals surface area contributed by atoms with E-state index in [4.69, 9.17) is 4.74 Å². The molecule has 0 unspecified atom stereocenters. The van der Waals surface area contributed by atoms with Crippen LogP contribution in [0.5, 0.6) is 11.5 Å². The highest BCUT2D eigenvalue weighted by Crippen LogP contribution is 2.66. The molecule has 2 fully saturated rings. The number of likely N-dealkylation sites (N-methyl/N-ethyl adjacent to an activating group) is 3. The van der Waals surface area contributed by atoms with Gasteiger partial charge in [0.25, 0.3) is 0 Å². The van der Waals surface area contributed by atoms with Crippen LogP contribution in [-0.4, -0.2) is 73.2 Å². The number of hydrogen-bond acceptors (Lipinski definition) is 5. The molecule has 2 aliphatic carbocycles. The second-order valence-electron chi connectivity index (χ2n) is 11.3. The van der Waals surface area contributed by atoms with E-state index in [1.165, 1.54) is 55.3 Å². The molecule has 1 saturated carbocycles. The largest absolute Gasteiger partial charge is 0.504 e. The van der Waals surface area contributed by atoms with Crippen LogP contribution in [0.15, 0.2) is 42.5 Å². The average Bonchev–Trinajstić information content (AvgIpc) is 3.25. The maximum Gasteiger partial charge on any atom is 0.416 e. The summed E-state index contributed by atoms with van der Waals surface area (Å²) in [6.07, 6.45) is 4.10. The number of hydrogen-bond donors (Lipinski definition) is 2. The van der Waals surface area contributed by atoms with Crippen molar-refractivity contribution in [3.05, 3.63) is 64.7 Å². The molecule has 2 N–H and O–H groups in total. The van der Waals surface area contributed by atoms with Gasteiger partial charge in [0.15, 0.2) is 11.5 Å². The predicted octanol–water partition coefficient (Wildman–Crippen LogP) is 4.60. The molecule has 4 atom stereocenters. The van der Waals surface area contributed by atoms with Crippen molar-refractivity contribution in [2.45, 2.75) is 61.4 Å². The quantitative estimate of drug-likeness (QED) is 0.554. The Morgan fingerprint density at radius 3 is 2.69 bits per heavy atom. The van der Waals surface area contributed by atoms with Crippen molar-refractivity contribution in [3.8, 4) is 11.5 Å². The van der Waals surface area contributed by atoms with Gasteiger partial charge in [0.1, 0.15) is 6.10 Å². The number of amides is 1. The van der Waals surface area contributed by atoms with E-state index < -0.39 is 11.7 Å². The Morgan fingerprint density at radius 1 is 1.23 bits per heavy atom. The van der Waals surface area contributed by atoms with E-state index in [0.29, 0.717) is 17.4 Å². The van der Waals surface area contributed by atoms with Crippen molar-refractivity contribution in [3.63, 3.8) is 0 Å². The molecule has 1 amide bonds. The number of nitrogens with zero attached hydrogens (tertiary/aromatic N) is 2. The number of benzene rings is 2. The summed E-state index contributed by atoms with van der Waals surface area (Å²) in [6, 6.07) is 9.26. The molecule has 210 valence electrons. The Kier molecular flexibility index (Phi) is 6.96. The number of ether oxygens (including phenoxy) is 1. The normalized spacial score (nSPS) is 28.9. The minimum Gasteiger partial charge on any atom is -0.504 e. The van der Waals surface area contributed by atoms with Crippen LogP contribution in [0.3, 0.4) is 0 Å². The van der Waals surface area contributed by atoms with Gasteiger partial charge in [0, 0.05) is 30.3 Å². The fourth-order valence-corrected chi connectivity index (χ4v) is 7.74. The summed E-state index contributed by atoms with van der Waals surface area (Å²) in [5, 5.41) is 12.8. The Balaban J connectivity index is 0.000000171. The standard InChI is InChI=1S/C19H26N2O2.C11H10F3NO/c1-20(2)19-8-4-5-15-18(19)9-10-21(3)14(19)11-12-6-7-13(22)17(23-15)16(12)18;1-15-10(16)6-5-8-3-2-4-9(7-8)11(12,13)14/h6-7,14-15,22H,4-5,8-11H2,1-3H3;2-7H,1H3,(H,15,16)/b;6-5+/t14-,15+,18-,19-;/m1./s1. The molecule has 4 aliphatic rings. The van der Waals surface area contributed by atoms with Crippen LogP contribution in [0.25, 0.3) is 6.08 Å². The highest BCUT2D eigenvalue weighted by molar-refractivity contribution is 5.91. The predicted molar refractivity (Wildman–Crippen MR) is 144 cm³/mol. The minimum atomic E-state index is -4.36. The lowest BCUT2D eigenvalue weighted by atomic mass is 9.47. The fraction of sp³-hybridized carbons (Fsp3) is 0.500. The highest BCUT2D eigenvalue weighted by Gasteiger charge is 2.71. The highest BCUT2D eigenvalue weighted by atomic mass is 19.4. The first-order valence-electron chi connectivity index (χ1n) is 13.4.